The minimum absolute atomic E-state index is 0.361. The van der Waals surface area contributed by atoms with Crippen LogP contribution in [0.2, 0.25) is 0 Å². The molecule has 0 radical (unpaired) electrons. The lowest BCUT2D eigenvalue weighted by atomic mass is 9.83. The van der Waals surface area contributed by atoms with Gasteiger partial charge in [0.25, 0.3) is 0 Å². The maximum Gasteiger partial charge on any atom is 0.316 e. The van der Waals surface area contributed by atoms with E-state index in [1.165, 1.54) is 31.7 Å². The van der Waals surface area contributed by atoms with Gasteiger partial charge in [-0.15, -0.1) is 0 Å². The largest absolute Gasteiger partial charge is 0.463 e. The Hall–Kier alpha value is -1.45. The number of carbonyl (C=O) groups is 1. The van der Waals surface area contributed by atoms with E-state index in [9.17, 15) is 4.79 Å². The summed E-state index contributed by atoms with van der Waals surface area (Å²) in [7, 11) is 0. The molecular weight excluding hydrogens is 192 g/mol. The van der Waals surface area contributed by atoms with E-state index >= 15 is 0 Å². The van der Waals surface area contributed by atoms with Crippen molar-refractivity contribution in [3.05, 3.63) is 18.0 Å². The minimum atomic E-state index is 0.361. The van der Waals surface area contributed by atoms with Crippen LogP contribution >= 0.6 is 0 Å². The van der Waals surface area contributed by atoms with Crippen molar-refractivity contribution in [2.75, 3.05) is 6.61 Å². The number of carbonyl (C=O) groups excluding carboxylic acids is 1. The molecule has 0 saturated heterocycles. The van der Waals surface area contributed by atoms with Gasteiger partial charge in [0.1, 0.15) is 0 Å². The maximum atomic E-state index is 10.3. The molecule has 2 rings (SSSR count). The predicted octanol–water partition coefficient (Wildman–Crippen LogP) is 1.86. The highest BCUT2D eigenvalue weighted by Gasteiger charge is 2.16. The summed E-state index contributed by atoms with van der Waals surface area (Å²) in [5.74, 6) is 0.833. The van der Waals surface area contributed by atoms with Crippen molar-refractivity contribution in [1.29, 1.82) is 0 Å². The van der Waals surface area contributed by atoms with Crippen molar-refractivity contribution in [3.8, 4) is 6.01 Å². The van der Waals surface area contributed by atoms with Crippen molar-refractivity contribution in [3.63, 3.8) is 0 Å². The summed E-state index contributed by atoms with van der Waals surface area (Å²) in [5, 5.41) is 0. The van der Waals surface area contributed by atoms with Gasteiger partial charge in [-0.2, -0.15) is 0 Å². The zero-order chi connectivity index (χ0) is 10.5. The quantitative estimate of drug-likeness (QED) is 0.690. The Morgan fingerprint density at radius 3 is 2.67 bits per heavy atom. The number of aromatic nitrogens is 2. The summed E-state index contributed by atoms with van der Waals surface area (Å²) in [6.07, 6.45) is 8.76. The normalized spacial score (nSPS) is 15.7. The third kappa shape index (κ3) is 2.75. The average molecular weight is 206 g/mol. The first-order valence-electron chi connectivity index (χ1n) is 5.28. The number of hydrogen-bond acceptors (Lipinski definition) is 4. The third-order valence-electron chi connectivity index (χ3n) is 2.77. The van der Waals surface area contributed by atoms with Gasteiger partial charge < -0.3 is 4.74 Å². The summed E-state index contributed by atoms with van der Waals surface area (Å²) in [6.45, 7) is 0.672. The second-order valence-electron chi connectivity index (χ2n) is 3.85. The standard InChI is InChI=1S/C11H14N2O2/c14-8-10-6-12-11(13-7-10)15-5-4-9-2-1-3-9/h6-9H,1-5H2. The van der Waals surface area contributed by atoms with Gasteiger partial charge in [0.2, 0.25) is 0 Å². The van der Waals surface area contributed by atoms with Crippen molar-refractivity contribution >= 4 is 6.29 Å². The second kappa shape index (κ2) is 4.87. The van der Waals surface area contributed by atoms with Gasteiger partial charge in [0.15, 0.2) is 6.29 Å². The predicted molar refractivity (Wildman–Crippen MR) is 54.9 cm³/mol. The Morgan fingerprint density at radius 2 is 2.13 bits per heavy atom. The van der Waals surface area contributed by atoms with Crippen molar-refractivity contribution in [2.45, 2.75) is 25.7 Å². The van der Waals surface area contributed by atoms with Crippen LogP contribution in [0.3, 0.4) is 0 Å². The van der Waals surface area contributed by atoms with Crippen LogP contribution in [-0.2, 0) is 0 Å². The van der Waals surface area contributed by atoms with Crippen LogP contribution in [-0.4, -0.2) is 22.9 Å². The van der Waals surface area contributed by atoms with Gasteiger partial charge in [-0.25, -0.2) is 9.97 Å². The monoisotopic (exact) mass is 206 g/mol. The molecule has 1 aromatic heterocycles. The Balaban J connectivity index is 1.74. The highest BCUT2D eigenvalue weighted by Crippen LogP contribution is 2.29. The number of hydrogen-bond donors (Lipinski definition) is 0. The Labute approximate surface area is 88.7 Å². The smallest absolute Gasteiger partial charge is 0.316 e. The first kappa shape index (κ1) is 10.1. The van der Waals surface area contributed by atoms with E-state index in [2.05, 4.69) is 9.97 Å². The summed E-state index contributed by atoms with van der Waals surface area (Å²) < 4.78 is 5.37. The molecule has 4 heteroatoms. The highest BCUT2D eigenvalue weighted by atomic mass is 16.5. The topological polar surface area (TPSA) is 52.1 Å². The van der Waals surface area contributed by atoms with Crippen LogP contribution in [0.5, 0.6) is 6.01 Å². The fourth-order valence-corrected chi connectivity index (χ4v) is 1.56. The molecule has 0 unspecified atom stereocenters. The molecule has 1 aliphatic rings. The molecule has 0 N–H and O–H groups in total. The SMILES string of the molecule is O=Cc1cnc(OCCC2CCC2)nc1. The van der Waals surface area contributed by atoms with Gasteiger partial charge in [0.05, 0.1) is 12.2 Å². The molecule has 0 aromatic carbocycles. The van der Waals surface area contributed by atoms with Gasteiger partial charge in [-0.3, -0.25) is 4.79 Å². The number of ether oxygens (including phenoxy) is 1. The molecule has 1 heterocycles. The summed E-state index contributed by atoms with van der Waals surface area (Å²) >= 11 is 0. The van der Waals surface area contributed by atoms with Crippen molar-refractivity contribution in [2.24, 2.45) is 5.92 Å². The molecule has 1 saturated carbocycles. The van der Waals surface area contributed by atoms with E-state index in [4.69, 9.17) is 4.74 Å². The average Bonchev–Trinajstić information content (AvgIpc) is 2.23. The Morgan fingerprint density at radius 1 is 1.40 bits per heavy atom. The van der Waals surface area contributed by atoms with Gasteiger partial charge in [-0.1, -0.05) is 19.3 Å². The van der Waals surface area contributed by atoms with Crippen LogP contribution in [0.15, 0.2) is 12.4 Å². The van der Waals surface area contributed by atoms with E-state index < -0.39 is 0 Å². The number of aldehydes is 1. The van der Waals surface area contributed by atoms with E-state index in [0.29, 0.717) is 18.2 Å². The molecule has 0 bridgehead atoms. The first-order valence-corrected chi connectivity index (χ1v) is 5.28. The van der Waals surface area contributed by atoms with Crippen molar-refractivity contribution < 1.29 is 9.53 Å². The van der Waals surface area contributed by atoms with Crippen LogP contribution in [0.1, 0.15) is 36.0 Å². The molecular formula is C11H14N2O2. The van der Waals surface area contributed by atoms with E-state index in [1.807, 2.05) is 0 Å². The van der Waals surface area contributed by atoms with Crippen LogP contribution in [0, 0.1) is 5.92 Å². The summed E-state index contributed by atoms with van der Waals surface area (Å²) in [5.41, 5.74) is 0.473. The lowest BCUT2D eigenvalue weighted by Gasteiger charge is -2.24. The molecule has 0 aliphatic heterocycles. The molecule has 1 fully saturated rings. The lowest BCUT2D eigenvalue weighted by molar-refractivity contribution is 0.112. The molecule has 4 nitrogen and oxygen atoms in total. The lowest BCUT2D eigenvalue weighted by Crippen LogP contribution is -2.15. The number of nitrogens with zero attached hydrogens (tertiary/aromatic N) is 2. The summed E-state index contributed by atoms with van der Waals surface area (Å²) in [4.78, 5) is 18.2. The Kier molecular flexibility index (Phi) is 3.27. The zero-order valence-corrected chi connectivity index (χ0v) is 8.56. The van der Waals surface area contributed by atoms with E-state index in [1.54, 1.807) is 0 Å². The van der Waals surface area contributed by atoms with Gasteiger partial charge >= 0.3 is 6.01 Å². The van der Waals surface area contributed by atoms with Crippen LogP contribution < -0.4 is 4.74 Å². The molecule has 0 spiro atoms. The third-order valence-corrected chi connectivity index (χ3v) is 2.77. The number of rotatable bonds is 5. The first-order chi connectivity index (χ1) is 7.38. The second-order valence-corrected chi connectivity index (χ2v) is 3.85. The van der Waals surface area contributed by atoms with Crippen LogP contribution in [0.25, 0.3) is 0 Å². The van der Waals surface area contributed by atoms with E-state index in [-0.39, 0.29) is 0 Å². The highest BCUT2D eigenvalue weighted by molar-refractivity contribution is 5.73. The fraction of sp³-hybridized carbons (Fsp3) is 0.545. The summed E-state index contributed by atoms with van der Waals surface area (Å²) in [6, 6.07) is 0.361. The minimum Gasteiger partial charge on any atom is -0.463 e. The molecule has 0 amide bonds. The fourth-order valence-electron chi connectivity index (χ4n) is 1.56. The van der Waals surface area contributed by atoms with E-state index in [0.717, 1.165) is 18.6 Å². The van der Waals surface area contributed by atoms with Crippen LogP contribution in [0.4, 0.5) is 0 Å². The van der Waals surface area contributed by atoms with Crippen molar-refractivity contribution in [1.82, 2.24) is 9.97 Å². The Bertz CT molecular complexity index is 320. The maximum absolute atomic E-state index is 10.3. The zero-order valence-electron chi connectivity index (χ0n) is 8.56. The molecule has 1 aliphatic carbocycles. The molecule has 15 heavy (non-hydrogen) atoms. The molecule has 0 atom stereocenters. The van der Waals surface area contributed by atoms with Gasteiger partial charge in [0, 0.05) is 12.4 Å². The molecule has 1 aromatic rings. The molecule has 80 valence electrons. The van der Waals surface area contributed by atoms with Gasteiger partial charge in [-0.05, 0) is 12.3 Å².